The van der Waals surface area contributed by atoms with Crippen molar-refractivity contribution >= 4 is 17.5 Å². The molecule has 2 amide bonds. The van der Waals surface area contributed by atoms with Gasteiger partial charge >= 0.3 is 0 Å². The fourth-order valence-corrected chi connectivity index (χ4v) is 2.69. The van der Waals surface area contributed by atoms with Crippen molar-refractivity contribution in [3.63, 3.8) is 0 Å². The molecule has 3 aromatic rings. The van der Waals surface area contributed by atoms with Gasteiger partial charge in [-0.2, -0.15) is 0 Å². The van der Waals surface area contributed by atoms with E-state index in [4.69, 9.17) is 14.0 Å². The van der Waals surface area contributed by atoms with Gasteiger partial charge in [0, 0.05) is 11.8 Å². The van der Waals surface area contributed by atoms with Gasteiger partial charge in [0.2, 0.25) is 5.91 Å². The Balaban J connectivity index is 1.59. The number of nitrogens with one attached hydrogen (secondary N) is 2. The molecule has 156 valence electrons. The number of aryl methyl sites for hydroxylation is 2. The first kappa shape index (κ1) is 20.8. The van der Waals surface area contributed by atoms with Gasteiger partial charge in [0.15, 0.2) is 11.5 Å². The van der Waals surface area contributed by atoms with E-state index in [0.717, 1.165) is 11.3 Å². The molecule has 0 fully saturated rings. The van der Waals surface area contributed by atoms with E-state index in [-0.39, 0.29) is 19.1 Å². The van der Waals surface area contributed by atoms with Crippen LogP contribution in [0, 0.1) is 13.8 Å². The predicted molar refractivity (Wildman–Crippen MR) is 109 cm³/mol. The van der Waals surface area contributed by atoms with Crippen LogP contribution in [-0.2, 0) is 11.4 Å². The first-order chi connectivity index (χ1) is 14.5. The van der Waals surface area contributed by atoms with Gasteiger partial charge in [0.05, 0.1) is 36.8 Å². The van der Waals surface area contributed by atoms with Crippen molar-refractivity contribution in [1.29, 1.82) is 0 Å². The highest BCUT2D eigenvalue weighted by Crippen LogP contribution is 2.29. The van der Waals surface area contributed by atoms with Crippen LogP contribution in [0.3, 0.4) is 0 Å². The maximum Gasteiger partial charge on any atom is 0.251 e. The maximum absolute atomic E-state index is 12.4. The van der Waals surface area contributed by atoms with Gasteiger partial charge in [-0.25, -0.2) is 0 Å². The minimum Gasteiger partial charge on any atom is -0.493 e. The second-order valence-corrected chi connectivity index (χ2v) is 6.43. The second kappa shape index (κ2) is 9.55. The van der Waals surface area contributed by atoms with Crippen LogP contribution in [0.5, 0.6) is 11.5 Å². The molecule has 0 aliphatic heterocycles. The topological polar surface area (TPSA) is 116 Å². The molecule has 0 unspecified atom stereocenters. The summed E-state index contributed by atoms with van der Waals surface area (Å²) >= 11 is 0. The zero-order valence-electron chi connectivity index (χ0n) is 16.9. The highest BCUT2D eigenvalue weighted by Gasteiger charge is 2.15. The molecular formula is C21H22N4O5. The van der Waals surface area contributed by atoms with E-state index in [1.54, 1.807) is 36.5 Å². The molecule has 2 aromatic heterocycles. The summed E-state index contributed by atoms with van der Waals surface area (Å²) in [6.07, 6.45) is 3.12. The molecule has 0 saturated heterocycles. The molecule has 0 bridgehead atoms. The Kier molecular flexibility index (Phi) is 6.63. The van der Waals surface area contributed by atoms with Crippen molar-refractivity contribution in [3.8, 4) is 11.5 Å². The molecule has 2 heterocycles. The van der Waals surface area contributed by atoms with Gasteiger partial charge in [-0.15, -0.1) is 0 Å². The number of methoxy groups -OCH3 is 1. The molecule has 30 heavy (non-hydrogen) atoms. The van der Waals surface area contributed by atoms with E-state index < -0.39 is 5.91 Å². The number of benzene rings is 1. The van der Waals surface area contributed by atoms with Gasteiger partial charge < -0.3 is 24.6 Å². The van der Waals surface area contributed by atoms with Gasteiger partial charge in [0.25, 0.3) is 5.91 Å². The summed E-state index contributed by atoms with van der Waals surface area (Å²) in [7, 11) is 1.49. The summed E-state index contributed by atoms with van der Waals surface area (Å²) < 4.78 is 16.3. The molecule has 3 rings (SSSR count). The van der Waals surface area contributed by atoms with Crippen molar-refractivity contribution in [1.82, 2.24) is 15.5 Å². The number of nitrogens with zero attached hydrogens (tertiary/aromatic N) is 2. The first-order valence-electron chi connectivity index (χ1n) is 9.18. The number of pyridine rings is 1. The van der Waals surface area contributed by atoms with E-state index in [2.05, 4.69) is 20.8 Å². The Labute approximate surface area is 173 Å². The van der Waals surface area contributed by atoms with Gasteiger partial charge in [-0.3, -0.25) is 14.6 Å². The lowest BCUT2D eigenvalue weighted by molar-refractivity contribution is -0.115. The quantitative estimate of drug-likeness (QED) is 0.586. The highest BCUT2D eigenvalue weighted by atomic mass is 16.5. The molecule has 0 aliphatic rings. The second-order valence-electron chi connectivity index (χ2n) is 6.43. The zero-order chi connectivity index (χ0) is 21.5. The summed E-state index contributed by atoms with van der Waals surface area (Å²) in [5, 5.41) is 9.11. The Morgan fingerprint density at radius 3 is 2.67 bits per heavy atom. The number of carbonyl (C=O) groups excluding carboxylic acids is 2. The average molecular weight is 410 g/mol. The van der Waals surface area contributed by atoms with Gasteiger partial charge in [-0.1, -0.05) is 5.16 Å². The Hall–Kier alpha value is -3.88. The lowest BCUT2D eigenvalue weighted by Gasteiger charge is -2.12. The van der Waals surface area contributed by atoms with Crippen molar-refractivity contribution in [2.75, 3.05) is 19.0 Å². The standard InChI is InChI=1S/C21H22N4O5/c1-13-17(14(2)30-25-13)12-29-18-7-6-15(9-19(18)28-3)21(27)23-11-20(26)24-16-5-4-8-22-10-16/h4-10H,11-12H2,1-3H3,(H,23,27)(H,24,26). The van der Waals surface area contributed by atoms with E-state index in [0.29, 0.717) is 28.5 Å². The van der Waals surface area contributed by atoms with Gasteiger partial charge in [0.1, 0.15) is 12.4 Å². The van der Waals surface area contributed by atoms with Crippen molar-refractivity contribution < 1.29 is 23.6 Å². The van der Waals surface area contributed by atoms with Crippen LogP contribution in [0.4, 0.5) is 5.69 Å². The van der Waals surface area contributed by atoms with E-state index in [1.165, 1.54) is 13.3 Å². The molecular weight excluding hydrogens is 388 g/mol. The van der Waals surface area contributed by atoms with Crippen LogP contribution >= 0.6 is 0 Å². The minimum absolute atomic E-state index is 0.180. The molecule has 2 N–H and O–H groups in total. The number of hydrogen-bond donors (Lipinski definition) is 2. The number of aromatic nitrogens is 2. The van der Waals surface area contributed by atoms with E-state index >= 15 is 0 Å². The molecule has 0 spiro atoms. The third-order valence-electron chi connectivity index (χ3n) is 4.33. The van der Waals surface area contributed by atoms with E-state index in [1.807, 2.05) is 13.8 Å². The number of carbonyl (C=O) groups is 2. The number of rotatable bonds is 8. The largest absolute Gasteiger partial charge is 0.493 e. The normalized spacial score (nSPS) is 10.4. The lowest BCUT2D eigenvalue weighted by atomic mass is 10.2. The SMILES string of the molecule is COc1cc(C(=O)NCC(=O)Nc2cccnc2)ccc1OCc1c(C)noc1C. The van der Waals surface area contributed by atoms with Crippen LogP contribution in [0.25, 0.3) is 0 Å². The highest BCUT2D eigenvalue weighted by molar-refractivity contribution is 5.99. The fraction of sp³-hybridized carbons (Fsp3) is 0.238. The van der Waals surface area contributed by atoms with Crippen molar-refractivity contribution in [2.24, 2.45) is 0 Å². The maximum atomic E-state index is 12.4. The monoisotopic (exact) mass is 410 g/mol. The average Bonchev–Trinajstić information content (AvgIpc) is 3.08. The third kappa shape index (κ3) is 5.13. The Morgan fingerprint density at radius 1 is 1.17 bits per heavy atom. The molecule has 9 heteroatoms. The van der Waals surface area contributed by atoms with Gasteiger partial charge in [-0.05, 0) is 44.2 Å². The number of anilines is 1. The molecule has 9 nitrogen and oxygen atoms in total. The summed E-state index contributed by atoms with van der Waals surface area (Å²) in [5.74, 6) is 0.791. The Morgan fingerprint density at radius 2 is 2.00 bits per heavy atom. The number of amides is 2. The lowest BCUT2D eigenvalue weighted by Crippen LogP contribution is -2.32. The van der Waals surface area contributed by atoms with Crippen LogP contribution in [-0.4, -0.2) is 35.6 Å². The molecule has 0 aliphatic carbocycles. The van der Waals surface area contributed by atoms with Crippen LogP contribution < -0.4 is 20.1 Å². The van der Waals surface area contributed by atoms with Crippen LogP contribution in [0.1, 0.15) is 27.4 Å². The fourth-order valence-electron chi connectivity index (χ4n) is 2.69. The first-order valence-corrected chi connectivity index (χ1v) is 9.18. The number of ether oxygens (including phenoxy) is 2. The summed E-state index contributed by atoms with van der Waals surface area (Å²) in [5.41, 5.74) is 2.51. The summed E-state index contributed by atoms with van der Waals surface area (Å²) in [4.78, 5) is 28.3. The summed E-state index contributed by atoms with van der Waals surface area (Å²) in [6.45, 7) is 3.73. The molecule has 1 aromatic carbocycles. The third-order valence-corrected chi connectivity index (χ3v) is 4.33. The van der Waals surface area contributed by atoms with Crippen LogP contribution in [0.15, 0.2) is 47.2 Å². The molecule has 0 saturated carbocycles. The minimum atomic E-state index is -0.410. The molecule has 0 atom stereocenters. The summed E-state index contributed by atoms with van der Waals surface area (Å²) in [6, 6.07) is 8.20. The van der Waals surface area contributed by atoms with Crippen molar-refractivity contribution in [3.05, 3.63) is 65.3 Å². The van der Waals surface area contributed by atoms with Crippen LogP contribution in [0.2, 0.25) is 0 Å². The smallest absolute Gasteiger partial charge is 0.251 e. The van der Waals surface area contributed by atoms with Crippen molar-refractivity contribution in [2.45, 2.75) is 20.5 Å². The predicted octanol–water partition coefficient (Wildman–Crippen LogP) is 2.64. The zero-order valence-corrected chi connectivity index (χ0v) is 16.9. The molecule has 0 radical (unpaired) electrons. The number of hydrogen-bond acceptors (Lipinski definition) is 7. The van der Waals surface area contributed by atoms with E-state index in [9.17, 15) is 9.59 Å². The Bertz CT molecular complexity index is 1010.